The Hall–Kier alpha value is -2.92. The molecule has 25 heavy (non-hydrogen) atoms. The lowest BCUT2D eigenvalue weighted by Gasteiger charge is -2.09. The number of hydrogen-bond donors (Lipinski definition) is 2. The minimum absolute atomic E-state index is 0.280. The van der Waals surface area contributed by atoms with Crippen molar-refractivity contribution in [2.45, 2.75) is 13.5 Å². The van der Waals surface area contributed by atoms with Crippen molar-refractivity contribution >= 4 is 29.0 Å². The fourth-order valence-corrected chi connectivity index (χ4v) is 2.52. The molecule has 0 atom stereocenters. The fourth-order valence-electron chi connectivity index (χ4n) is 2.33. The van der Waals surface area contributed by atoms with Crippen LogP contribution in [0.2, 0.25) is 5.02 Å². The van der Waals surface area contributed by atoms with Gasteiger partial charge in [0.2, 0.25) is 0 Å². The molecule has 6 heteroatoms. The smallest absolute Gasteiger partial charge is 0.274 e. The van der Waals surface area contributed by atoms with E-state index in [4.69, 9.17) is 11.6 Å². The van der Waals surface area contributed by atoms with Gasteiger partial charge >= 0.3 is 0 Å². The average Bonchev–Trinajstić information content (AvgIpc) is 2.61. The van der Waals surface area contributed by atoms with E-state index in [9.17, 15) is 4.79 Å². The van der Waals surface area contributed by atoms with Crippen LogP contribution in [0.4, 0.5) is 11.5 Å². The number of amides is 1. The van der Waals surface area contributed by atoms with Gasteiger partial charge in [-0.05, 0) is 36.2 Å². The molecule has 2 aromatic carbocycles. The number of benzene rings is 2. The molecule has 0 aliphatic carbocycles. The largest absolute Gasteiger partial charge is 0.366 e. The second kappa shape index (κ2) is 7.77. The second-order valence-electron chi connectivity index (χ2n) is 5.53. The molecule has 0 saturated heterocycles. The van der Waals surface area contributed by atoms with Crippen LogP contribution in [0.25, 0.3) is 0 Å². The summed E-state index contributed by atoms with van der Waals surface area (Å²) < 4.78 is 0. The predicted molar refractivity (Wildman–Crippen MR) is 99.9 cm³/mol. The first-order chi connectivity index (χ1) is 12.1. The number of aryl methyl sites for hydroxylation is 1. The Morgan fingerprint density at radius 2 is 1.92 bits per heavy atom. The molecule has 0 spiro atoms. The van der Waals surface area contributed by atoms with Gasteiger partial charge in [-0.1, -0.05) is 41.9 Å². The number of carbonyl (C=O) groups is 1. The fraction of sp³-hybridized carbons (Fsp3) is 0.105. The van der Waals surface area contributed by atoms with Crippen LogP contribution in [-0.4, -0.2) is 15.9 Å². The van der Waals surface area contributed by atoms with Crippen LogP contribution in [0.1, 0.15) is 21.6 Å². The van der Waals surface area contributed by atoms with E-state index in [-0.39, 0.29) is 11.6 Å². The molecule has 3 aromatic rings. The quantitative estimate of drug-likeness (QED) is 0.718. The molecule has 0 bridgehead atoms. The molecule has 0 aliphatic heterocycles. The summed E-state index contributed by atoms with van der Waals surface area (Å²) in [5.74, 6) is 0.276. The van der Waals surface area contributed by atoms with Crippen LogP contribution in [-0.2, 0) is 6.54 Å². The highest BCUT2D eigenvalue weighted by atomic mass is 35.5. The molecule has 0 radical (unpaired) electrons. The van der Waals surface area contributed by atoms with Gasteiger partial charge in [0.1, 0.15) is 17.8 Å². The highest BCUT2D eigenvalue weighted by Gasteiger charge is 2.09. The van der Waals surface area contributed by atoms with Gasteiger partial charge in [-0.25, -0.2) is 9.97 Å². The Morgan fingerprint density at radius 1 is 1.08 bits per heavy atom. The molecule has 1 aromatic heterocycles. The van der Waals surface area contributed by atoms with Gasteiger partial charge in [-0.3, -0.25) is 4.79 Å². The van der Waals surface area contributed by atoms with Crippen molar-refractivity contribution in [2.75, 3.05) is 10.6 Å². The Kier molecular flexibility index (Phi) is 5.26. The number of halogens is 1. The molecule has 1 heterocycles. The number of rotatable bonds is 5. The highest BCUT2D eigenvalue weighted by Crippen LogP contribution is 2.16. The molecule has 0 aliphatic rings. The number of anilines is 2. The van der Waals surface area contributed by atoms with E-state index in [0.717, 1.165) is 0 Å². The van der Waals surface area contributed by atoms with Crippen molar-refractivity contribution in [1.82, 2.24) is 9.97 Å². The summed E-state index contributed by atoms with van der Waals surface area (Å²) in [5, 5.41) is 6.54. The number of hydrogen-bond acceptors (Lipinski definition) is 4. The third-order valence-corrected chi connectivity index (χ3v) is 3.94. The van der Waals surface area contributed by atoms with E-state index >= 15 is 0 Å². The lowest BCUT2D eigenvalue weighted by Crippen LogP contribution is -2.14. The third kappa shape index (κ3) is 4.55. The summed E-state index contributed by atoms with van der Waals surface area (Å²) in [4.78, 5) is 20.5. The Morgan fingerprint density at radius 3 is 2.72 bits per heavy atom. The number of carbonyl (C=O) groups excluding carboxylic acids is 1. The van der Waals surface area contributed by atoms with Crippen molar-refractivity contribution < 1.29 is 4.79 Å². The van der Waals surface area contributed by atoms with Gasteiger partial charge in [-0.15, -0.1) is 0 Å². The normalized spacial score (nSPS) is 10.3. The van der Waals surface area contributed by atoms with Crippen molar-refractivity contribution in [3.05, 3.63) is 82.8 Å². The average molecular weight is 353 g/mol. The number of aromatic nitrogens is 2. The summed E-state index contributed by atoms with van der Waals surface area (Å²) in [5.41, 5.74) is 3.27. The first kappa shape index (κ1) is 16.9. The first-order valence-electron chi connectivity index (χ1n) is 7.79. The predicted octanol–water partition coefficient (Wildman–Crippen LogP) is 4.30. The van der Waals surface area contributed by atoms with Crippen molar-refractivity contribution in [3.8, 4) is 0 Å². The topological polar surface area (TPSA) is 66.9 Å². The second-order valence-corrected chi connectivity index (χ2v) is 5.97. The van der Waals surface area contributed by atoms with Crippen molar-refractivity contribution in [2.24, 2.45) is 0 Å². The molecule has 0 saturated carbocycles. The summed E-state index contributed by atoms with van der Waals surface area (Å²) in [6.45, 7) is 2.68. The number of nitrogens with one attached hydrogen (secondary N) is 2. The first-order valence-corrected chi connectivity index (χ1v) is 8.17. The van der Waals surface area contributed by atoms with Gasteiger partial charge in [0.15, 0.2) is 0 Å². The molecular formula is C19H17ClN4O. The molecule has 1 amide bonds. The van der Waals surface area contributed by atoms with Crippen LogP contribution in [0, 0.1) is 6.92 Å². The molecule has 126 valence electrons. The maximum Gasteiger partial charge on any atom is 0.274 e. The lowest BCUT2D eigenvalue weighted by molar-refractivity contribution is 0.102. The maximum absolute atomic E-state index is 12.3. The maximum atomic E-state index is 12.3. The Labute approximate surface area is 151 Å². The molecule has 5 nitrogen and oxygen atoms in total. The van der Waals surface area contributed by atoms with Gasteiger partial charge in [0, 0.05) is 23.3 Å². The zero-order valence-corrected chi connectivity index (χ0v) is 14.4. The third-order valence-electron chi connectivity index (χ3n) is 3.70. The van der Waals surface area contributed by atoms with Gasteiger partial charge in [-0.2, -0.15) is 0 Å². The van der Waals surface area contributed by atoms with E-state index in [0.29, 0.717) is 23.1 Å². The summed E-state index contributed by atoms with van der Waals surface area (Å²) in [6.07, 6.45) is 1.37. The monoisotopic (exact) mass is 352 g/mol. The van der Waals surface area contributed by atoms with E-state index in [1.807, 2.05) is 12.1 Å². The highest BCUT2D eigenvalue weighted by molar-refractivity contribution is 6.30. The van der Waals surface area contributed by atoms with Crippen LogP contribution in [0.5, 0.6) is 0 Å². The van der Waals surface area contributed by atoms with Crippen molar-refractivity contribution in [1.29, 1.82) is 0 Å². The standard InChI is InChI=1S/C19H17ClN4O/c1-13-5-2-3-6-14(13)11-21-18-10-17(22-12-23-18)19(25)24-16-8-4-7-15(20)9-16/h2-10,12H,11H2,1H3,(H,24,25)(H,21,22,23). The van der Waals surface area contributed by atoms with Crippen LogP contribution in [0.15, 0.2) is 60.9 Å². The Bertz CT molecular complexity index is 898. The van der Waals surface area contributed by atoms with Gasteiger partial charge in [0.25, 0.3) is 5.91 Å². The molecule has 0 unspecified atom stereocenters. The van der Waals surface area contributed by atoms with Crippen LogP contribution < -0.4 is 10.6 Å². The zero-order valence-electron chi connectivity index (χ0n) is 13.7. The lowest BCUT2D eigenvalue weighted by atomic mass is 10.1. The SMILES string of the molecule is Cc1ccccc1CNc1cc(C(=O)Nc2cccc(Cl)c2)ncn1. The van der Waals surface area contributed by atoms with Crippen LogP contribution >= 0.6 is 11.6 Å². The molecule has 2 N–H and O–H groups in total. The van der Waals surface area contributed by atoms with E-state index in [1.54, 1.807) is 30.3 Å². The number of nitrogens with zero attached hydrogens (tertiary/aromatic N) is 2. The zero-order chi connectivity index (χ0) is 17.6. The molecular weight excluding hydrogens is 336 g/mol. The minimum Gasteiger partial charge on any atom is -0.366 e. The Balaban J connectivity index is 1.68. The van der Waals surface area contributed by atoms with E-state index in [1.165, 1.54) is 17.5 Å². The van der Waals surface area contributed by atoms with Crippen molar-refractivity contribution in [3.63, 3.8) is 0 Å². The van der Waals surface area contributed by atoms with E-state index < -0.39 is 0 Å². The van der Waals surface area contributed by atoms with Crippen LogP contribution in [0.3, 0.4) is 0 Å². The summed E-state index contributed by atoms with van der Waals surface area (Å²) in [6, 6.07) is 16.7. The summed E-state index contributed by atoms with van der Waals surface area (Å²) in [7, 11) is 0. The molecule has 0 fully saturated rings. The minimum atomic E-state index is -0.316. The molecule has 3 rings (SSSR count). The summed E-state index contributed by atoms with van der Waals surface area (Å²) >= 11 is 5.92. The van der Waals surface area contributed by atoms with E-state index in [2.05, 4.69) is 39.7 Å². The van der Waals surface area contributed by atoms with Gasteiger partial charge in [0.05, 0.1) is 0 Å². The van der Waals surface area contributed by atoms with Gasteiger partial charge < -0.3 is 10.6 Å².